The van der Waals surface area contributed by atoms with Crippen LogP contribution in [0.1, 0.15) is 44.5 Å². The predicted molar refractivity (Wildman–Crippen MR) is 174 cm³/mol. The summed E-state index contributed by atoms with van der Waals surface area (Å²) in [7, 11) is -0.655. The van der Waals surface area contributed by atoms with E-state index in [4.69, 9.17) is 9.41 Å². The number of carbonyl (C=O) groups is 2. The van der Waals surface area contributed by atoms with Crippen LogP contribution in [-0.4, -0.2) is 84.6 Å². The third-order valence-electron chi connectivity index (χ3n) is 9.06. The van der Waals surface area contributed by atoms with Gasteiger partial charge < -0.3 is 24.2 Å². The van der Waals surface area contributed by atoms with Gasteiger partial charge in [-0.05, 0) is 48.8 Å². The smallest absolute Gasteiger partial charge is 0.329 e. The number of likely N-dealkylation sites (tertiary alicyclic amines) is 1. The Labute approximate surface area is 269 Å². The molecule has 1 N–H and O–H groups in total. The van der Waals surface area contributed by atoms with Gasteiger partial charge in [0.05, 0.1) is 30.0 Å². The standard InChI is InChI=1S/C31H38BF2N8O3Si/c1-20-10-25(42(39-20)14-26(44)40-16-31(33,34)17-40)38-28-36-9-8-24(37-28)21-11-22(13-35)27-23(12-21)30(5,15-41(27)32-19-43)18-45-46(6,7)29(2,3)4/h8-12,19H,14-18H2,1-7H3,(H,36,37,38)/t30-/m1/s1. The summed E-state index contributed by atoms with van der Waals surface area (Å²) in [5, 5.41) is 17.7. The number of nitrogens with one attached hydrogen (secondary N) is 1. The van der Waals surface area contributed by atoms with Crippen LogP contribution < -0.4 is 10.1 Å². The van der Waals surface area contributed by atoms with Crippen molar-refractivity contribution < 1.29 is 22.8 Å². The van der Waals surface area contributed by atoms with Crippen molar-refractivity contribution in [1.82, 2.24) is 24.6 Å². The molecule has 241 valence electrons. The topological polar surface area (TPSA) is 129 Å². The molecule has 1 fully saturated rings. The zero-order valence-electron chi connectivity index (χ0n) is 27.2. The molecular weight excluding hydrogens is 609 g/mol. The maximum absolute atomic E-state index is 13.3. The van der Waals surface area contributed by atoms with E-state index in [9.17, 15) is 23.6 Å². The number of rotatable bonds is 10. The van der Waals surface area contributed by atoms with Crippen molar-refractivity contribution in [3.63, 3.8) is 0 Å². The number of carbonyl (C=O) groups excluding carboxylic acids is 2. The summed E-state index contributed by atoms with van der Waals surface area (Å²) in [6.07, 6.45) is 2.30. The van der Waals surface area contributed by atoms with Gasteiger partial charge in [0.15, 0.2) is 8.32 Å². The molecule has 4 heterocycles. The van der Waals surface area contributed by atoms with Crippen LogP contribution >= 0.6 is 0 Å². The normalized spacial score (nSPS) is 18.9. The summed E-state index contributed by atoms with van der Waals surface area (Å²) >= 11 is 0. The fourth-order valence-electron chi connectivity index (χ4n) is 5.44. The molecule has 2 aliphatic rings. The highest BCUT2D eigenvalue weighted by molar-refractivity contribution is 6.74. The van der Waals surface area contributed by atoms with Crippen LogP contribution in [0.2, 0.25) is 18.1 Å². The molecule has 1 amide bonds. The molecule has 0 bridgehead atoms. The Bertz CT molecular complexity index is 1710. The fourth-order valence-corrected chi connectivity index (χ4v) is 6.55. The van der Waals surface area contributed by atoms with Crippen molar-refractivity contribution in [2.45, 2.75) is 70.6 Å². The van der Waals surface area contributed by atoms with E-state index in [1.54, 1.807) is 31.3 Å². The van der Waals surface area contributed by atoms with Gasteiger partial charge in [0.1, 0.15) is 24.6 Å². The number of aryl methyl sites for hydroxylation is 1. The molecule has 0 spiro atoms. The van der Waals surface area contributed by atoms with Crippen LogP contribution in [0.15, 0.2) is 30.5 Å². The van der Waals surface area contributed by atoms with Gasteiger partial charge in [0, 0.05) is 42.1 Å². The molecule has 1 saturated heterocycles. The minimum Gasteiger partial charge on any atom is -0.416 e. The maximum Gasteiger partial charge on any atom is 0.329 e. The number of anilines is 3. The van der Waals surface area contributed by atoms with Crippen molar-refractivity contribution in [3.8, 4) is 17.3 Å². The number of amides is 1. The summed E-state index contributed by atoms with van der Waals surface area (Å²) in [4.78, 5) is 36.1. The lowest BCUT2D eigenvalue weighted by molar-refractivity contribution is -0.166. The first-order valence-corrected chi connectivity index (χ1v) is 17.9. The van der Waals surface area contributed by atoms with Crippen molar-refractivity contribution >= 4 is 45.3 Å². The number of aromatic nitrogens is 4. The summed E-state index contributed by atoms with van der Waals surface area (Å²) in [5.41, 5.74) is 3.30. The van der Waals surface area contributed by atoms with E-state index in [0.29, 0.717) is 47.2 Å². The van der Waals surface area contributed by atoms with E-state index in [1.165, 1.54) is 12.1 Å². The highest BCUT2D eigenvalue weighted by atomic mass is 28.4. The lowest BCUT2D eigenvalue weighted by Gasteiger charge is -2.39. The third-order valence-corrected chi connectivity index (χ3v) is 13.5. The van der Waals surface area contributed by atoms with Crippen molar-refractivity contribution in [2.75, 3.05) is 36.4 Å². The van der Waals surface area contributed by atoms with Crippen LogP contribution in [0.4, 0.5) is 26.2 Å². The second-order valence-electron chi connectivity index (χ2n) is 13.9. The number of hydrogen-bond acceptors (Lipinski definition) is 9. The van der Waals surface area contributed by atoms with E-state index in [1.807, 2.05) is 10.9 Å². The molecule has 2 aromatic heterocycles. The van der Waals surface area contributed by atoms with Gasteiger partial charge in [-0.3, -0.25) is 4.79 Å². The predicted octanol–water partition coefficient (Wildman–Crippen LogP) is 4.65. The highest BCUT2D eigenvalue weighted by Gasteiger charge is 2.46. The Morgan fingerprint density at radius 2 is 1.96 bits per heavy atom. The molecule has 46 heavy (non-hydrogen) atoms. The van der Waals surface area contributed by atoms with Crippen molar-refractivity contribution in [3.05, 3.63) is 47.3 Å². The average Bonchev–Trinajstić information content (AvgIpc) is 3.45. The zero-order chi connectivity index (χ0) is 33.7. The molecular formula is C31H38BF2N8O3Si. The van der Waals surface area contributed by atoms with Gasteiger partial charge >= 0.3 is 7.41 Å². The SMILES string of the molecule is Cc1cc(Nc2nccc(-c3cc(C#N)c4c(c3)[C@@](C)(CO[Si](C)(C)C(C)(C)C)CN4[B]C=O)n2)n(CC(=O)N2CC(F)(F)C2)n1. The van der Waals surface area contributed by atoms with Gasteiger partial charge in [0.25, 0.3) is 5.92 Å². The van der Waals surface area contributed by atoms with Gasteiger partial charge in [-0.2, -0.15) is 10.4 Å². The van der Waals surface area contributed by atoms with Crippen LogP contribution in [0.5, 0.6) is 0 Å². The van der Waals surface area contributed by atoms with Crippen LogP contribution in [0.3, 0.4) is 0 Å². The van der Waals surface area contributed by atoms with E-state index in [2.05, 4.69) is 62.3 Å². The van der Waals surface area contributed by atoms with Gasteiger partial charge in [-0.25, -0.2) is 23.4 Å². The van der Waals surface area contributed by atoms with Crippen LogP contribution in [0, 0.1) is 18.3 Å². The molecule has 1 radical (unpaired) electrons. The highest BCUT2D eigenvalue weighted by Crippen LogP contribution is 2.46. The minimum absolute atomic E-state index is 0.00812. The molecule has 1 atom stereocenters. The average molecular weight is 648 g/mol. The number of nitriles is 1. The number of halogens is 2. The first-order chi connectivity index (χ1) is 21.4. The van der Waals surface area contributed by atoms with Gasteiger partial charge in [0.2, 0.25) is 11.9 Å². The second-order valence-corrected chi connectivity index (χ2v) is 18.7. The van der Waals surface area contributed by atoms with E-state index in [-0.39, 0.29) is 17.5 Å². The molecule has 0 unspecified atom stereocenters. The van der Waals surface area contributed by atoms with Gasteiger partial charge in [-0.15, -0.1) is 0 Å². The molecule has 15 heteroatoms. The first kappa shape index (κ1) is 33.2. The number of benzene rings is 1. The molecule has 0 saturated carbocycles. The lowest BCUT2D eigenvalue weighted by atomic mass is 9.83. The number of nitrogens with zero attached hydrogens (tertiary/aromatic N) is 7. The molecule has 0 aliphatic carbocycles. The Kier molecular flexibility index (Phi) is 8.58. The fraction of sp³-hybridized carbons (Fsp3) is 0.484. The first-order valence-electron chi connectivity index (χ1n) is 15.0. The Morgan fingerprint density at radius 1 is 1.24 bits per heavy atom. The van der Waals surface area contributed by atoms with Crippen molar-refractivity contribution in [1.29, 1.82) is 5.26 Å². The molecule has 3 aromatic rings. The Hall–Kier alpha value is -4.16. The molecule has 2 aliphatic heterocycles. The summed E-state index contributed by atoms with van der Waals surface area (Å²) in [6, 6.07) is 9.48. The quantitative estimate of drug-likeness (QED) is 0.247. The molecule has 11 nitrogen and oxygen atoms in total. The maximum atomic E-state index is 13.3. The van der Waals surface area contributed by atoms with Gasteiger partial charge in [-0.1, -0.05) is 27.7 Å². The van der Waals surface area contributed by atoms with Crippen molar-refractivity contribution in [2.24, 2.45) is 0 Å². The second kappa shape index (κ2) is 11.9. The third kappa shape index (κ3) is 6.54. The lowest BCUT2D eigenvalue weighted by Crippen LogP contribution is -2.59. The van der Waals surface area contributed by atoms with E-state index >= 15 is 0 Å². The largest absolute Gasteiger partial charge is 0.416 e. The Balaban J connectivity index is 1.45. The zero-order valence-corrected chi connectivity index (χ0v) is 28.2. The van der Waals surface area contributed by atoms with E-state index < -0.39 is 38.7 Å². The summed E-state index contributed by atoms with van der Waals surface area (Å²) in [5.74, 6) is -2.66. The summed E-state index contributed by atoms with van der Waals surface area (Å²) in [6.45, 7) is 14.3. The van der Waals surface area contributed by atoms with Crippen LogP contribution in [-0.2, 0) is 26.0 Å². The minimum atomic E-state index is -2.85. The molecule has 1 aromatic carbocycles. The number of fused-ring (bicyclic) bond motifs is 1. The van der Waals surface area contributed by atoms with E-state index in [0.717, 1.165) is 16.6 Å². The summed E-state index contributed by atoms with van der Waals surface area (Å²) < 4.78 is 34.7. The monoisotopic (exact) mass is 647 g/mol. The Morgan fingerprint density at radius 3 is 2.59 bits per heavy atom. The molecule has 5 rings (SSSR count). The number of alkyl halides is 2. The van der Waals surface area contributed by atoms with Crippen LogP contribution in [0.25, 0.3) is 11.3 Å². The number of hydrogen-bond donors (Lipinski definition) is 1.